The van der Waals surface area contributed by atoms with E-state index in [-0.39, 0.29) is 17.2 Å². The molecule has 1 aliphatic heterocycles. The number of amides is 1. The Balaban J connectivity index is 1.27. The fourth-order valence-electron chi connectivity index (χ4n) is 4.43. The molecule has 0 atom stereocenters. The van der Waals surface area contributed by atoms with Crippen molar-refractivity contribution < 1.29 is 19.4 Å². The van der Waals surface area contributed by atoms with Crippen molar-refractivity contribution >= 4 is 29.2 Å². The van der Waals surface area contributed by atoms with Crippen molar-refractivity contribution in [1.82, 2.24) is 10.9 Å². The third-order valence-corrected chi connectivity index (χ3v) is 6.43. The van der Waals surface area contributed by atoms with E-state index in [2.05, 4.69) is 21.1 Å². The monoisotopic (exact) mass is 550 g/mol. The number of hydrogen-bond acceptors (Lipinski definition) is 9. The molecule has 1 amide bonds. The van der Waals surface area contributed by atoms with E-state index >= 15 is 0 Å². The number of carbonyl (C=O) groups is 1. The van der Waals surface area contributed by atoms with Crippen molar-refractivity contribution in [3.63, 3.8) is 0 Å². The third kappa shape index (κ3) is 5.76. The molecule has 1 heterocycles. The second-order valence-electron chi connectivity index (χ2n) is 9.02. The first-order valence-electron chi connectivity index (χ1n) is 12.3. The Kier molecular flexibility index (Phi) is 7.45. The quantitative estimate of drug-likeness (QED) is 0.168. The zero-order valence-electron chi connectivity index (χ0n) is 21.3. The van der Waals surface area contributed by atoms with E-state index in [4.69, 9.17) is 4.74 Å². The minimum Gasteiger partial charge on any atom is -0.450 e. The molecule has 0 aliphatic carbocycles. The molecule has 12 nitrogen and oxygen atoms in total. The summed E-state index contributed by atoms with van der Waals surface area (Å²) in [6, 6.07) is 29.1. The van der Waals surface area contributed by atoms with Gasteiger partial charge in [0.15, 0.2) is 0 Å². The van der Waals surface area contributed by atoms with Gasteiger partial charge in [0.05, 0.1) is 22.1 Å². The van der Waals surface area contributed by atoms with Gasteiger partial charge in [0.1, 0.15) is 17.0 Å². The summed E-state index contributed by atoms with van der Waals surface area (Å²) in [5.41, 5.74) is 6.72. The van der Waals surface area contributed by atoms with Crippen molar-refractivity contribution in [3.8, 4) is 11.5 Å². The Morgan fingerprint density at radius 2 is 1.59 bits per heavy atom. The van der Waals surface area contributed by atoms with Crippen molar-refractivity contribution in [3.05, 3.63) is 140 Å². The molecular weight excluding hydrogens is 528 g/mol. The van der Waals surface area contributed by atoms with E-state index in [1.165, 1.54) is 12.3 Å². The molecule has 4 aromatic carbocycles. The highest BCUT2D eigenvalue weighted by Gasteiger charge is 2.41. The van der Waals surface area contributed by atoms with Gasteiger partial charge in [-0.25, -0.2) is 5.43 Å². The van der Waals surface area contributed by atoms with Crippen LogP contribution in [-0.2, 0) is 10.3 Å². The van der Waals surface area contributed by atoms with Crippen LogP contribution >= 0.6 is 0 Å². The normalized spacial score (nSPS) is 13.7. The summed E-state index contributed by atoms with van der Waals surface area (Å²) in [5, 5.41) is 30.7. The molecule has 0 saturated carbocycles. The van der Waals surface area contributed by atoms with Crippen LogP contribution in [0.25, 0.3) is 0 Å². The summed E-state index contributed by atoms with van der Waals surface area (Å²) in [7, 11) is 0. The molecule has 0 saturated heterocycles. The molecule has 1 aliphatic rings. The number of non-ortho nitro benzene ring substituents is 1. The molecule has 0 fully saturated rings. The Bertz CT molecular complexity index is 1630. The summed E-state index contributed by atoms with van der Waals surface area (Å²) >= 11 is 0. The van der Waals surface area contributed by atoms with Gasteiger partial charge in [0.2, 0.25) is 5.75 Å². The Labute approximate surface area is 233 Å². The van der Waals surface area contributed by atoms with Crippen molar-refractivity contribution in [1.29, 1.82) is 0 Å². The van der Waals surface area contributed by atoms with Crippen LogP contribution in [0.2, 0.25) is 0 Å². The lowest BCUT2D eigenvalue weighted by Crippen LogP contribution is -2.38. The average Bonchev–Trinajstić information content (AvgIpc) is 3.45. The predicted octanol–water partition coefficient (Wildman–Crippen LogP) is 5.04. The lowest BCUT2D eigenvalue weighted by molar-refractivity contribution is -0.394. The van der Waals surface area contributed by atoms with Crippen LogP contribution in [0.1, 0.15) is 23.1 Å². The zero-order chi connectivity index (χ0) is 28.8. The average molecular weight is 551 g/mol. The molecule has 0 unspecified atom stereocenters. The fourth-order valence-corrected chi connectivity index (χ4v) is 4.43. The number of hydrogen-bond donors (Lipinski definition) is 2. The largest absolute Gasteiger partial charge is 0.450 e. The van der Waals surface area contributed by atoms with E-state index in [0.717, 1.165) is 23.3 Å². The van der Waals surface area contributed by atoms with Gasteiger partial charge in [-0.05, 0) is 34.9 Å². The van der Waals surface area contributed by atoms with Crippen molar-refractivity contribution in [2.24, 2.45) is 10.2 Å². The molecule has 12 heteroatoms. The summed E-state index contributed by atoms with van der Waals surface area (Å²) < 4.78 is 5.62. The molecular formula is C29H22N6O6. The van der Waals surface area contributed by atoms with E-state index < -0.39 is 32.7 Å². The van der Waals surface area contributed by atoms with Gasteiger partial charge in [-0.3, -0.25) is 30.4 Å². The van der Waals surface area contributed by atoms with Gasteiger partial charge in [-0.15, -0.1) is 0 Å². The SMILES string of the molecule is O=C(N/N=C\c1cccc(Oc2ccc([N+](=O)[O-])cc2[N+](=O)[O-])c1)C1=NNC(c2ccccc2)(c2ccccc2)C1. The number of carbonyl (C=O) groups excluding carboxylic acids is 1. The molecule has 41 heavy (non-hydrogen) atoms. The highest BCUT2D eigenvalue weighted by molar-refractivity contribution is 6.39. The van der Waals surface area contributed by atoms with Gasteiger partial charge >= 0.3 is 5.69 Å². The number of nitrogens with one attached hydrogen (secondary N) is 2. The number of ether oxygens (including phenoxy) is 1. The van der Waals surface area contributed by atoms with Gasteiger partial charge in [-0.2, -0.15) is 10.2 Å². The minimum atomic E-state index is -0.756. The molecule has 0 bridgehead atoms. The number of nitrogens with zero attached hydrogens (tertiary/aromatic N) is 4. The van der Waals surface area contributed by atoms with Crippen LogP contribution in [-0.4, -0.2) is 27.7 Å². The summed E-state index contributed by atoms with van der Waals surface area (Å²) in [6.07, 6.45) is 1.69. The Morgan fingerprint density at radius 1 is 0.902 bits per heavy atom. The standard InChI is InChI=1S/C29H22N6O6/c36-28(25-18-29(33-31-25,21-9-3-1-4-10-21)22-11-5-2-6-12-22)32-30-19-20-8-7-13-24(16-20)41-27-15-14-23(34(37)38)17-26(27)35(39)40/h1-17,19,33H,18H2,(H,32,36)/b30-19-. The van der Waals surface area contributed by atoms with Gasteiger partial charge in [0.25, 0.3) is 11.6 Å². The van der Waals surface area contributed by atoms with Crippen LogP contribution in [0.5, 0.6) is 11.5 Å². The second-order valence-corrected chi connectivity index (χ2v) is 9.02. The van der Waals surface area contributed by atoms with Gasteiger partial charge in [0, 0.05) is 12.5 Å². The summed E-state index contributed by atoms with van der Waals surface area (Å²) in [6.45, 7) is 0. The lowest BCUT2D eigenvalue weighted by Gasteiger charge is -2.30. The van der Waals surface area contributed by atoms with Gasteiger partial charge in [-0.1, -0.05) is 72.8 Å². The number of hydrazone groups is 2. The highest BCUT2D eigenvalue weighted by Crippen LogP contribution is 2.37. The number of nitro groups is 2. The van der Waals surface area contributed by atoms with E-state index in [1.54, 1.807) is 24.3 Å². The van der Waals surface area contributed by atoms with Crippen LogP contribution in [0.4, 0.5) is 11.4 Å². The lowest BCUT2D eigenvalue weighted by atomic mass is 9.80. The van der Waals surface area contributed by atoms with E-state index in [1.807, 2.05) is 60.7 Å². The molecule has 0 radical (unpaired) electrons. The summed E-state index contributed by atoms with van der Waals surface area (Å²) in [5.74, 6) is -0.399. The second kappa shape index (κ2) is 11.5. The van der Waals surface area contributed by atoms with Crippen LogP contribution < -0.4 is 15.6 Å². The van der Waals surface area contributed by atoms with Gasteiger partial charge < -0.3 is 4.74 Å². The highest BCUT2D eigenvalue weighted by atomic mass is 16.6. The maximum atomic E-state index is 12.9. The van der Waals surface area contributed by atoms with Crippen LogP contribution in [0.15, 0.2) is 113 Å². The smallest absolute Gasteiger partial charge is 0.318 e. The first-order chi connectivity index (χ1) is 19.9. The molecule has 2 N–H and O–H groups in total. The molecule has 0 spiro atoms. The van der Waals surface area contributed by atoms with Crippen LogP contribution in [0.3, 0.4) is 0 Å². The van der Waals surface area contributed by atoms with E-state index in [0.29, 0.717) is 12.0 Å². The number of rotatable bonds is 9. The first kappa shape index (κ1) is 26.7. The molecule has 204 valence electrons. The third-order valence-electron chi connectivity index (χ3n) is 6.43. The minimum absolute atomic E-state index is 0.157. The predicted molar refractivity (Wildman–Crippen MR) is 151 cm³/mol. The zero-order valence-corrected chi connectivity index (χ0v) is 21.3. The fraction of sp³-hybridized carbons (Fsp3) is 0.0690. The van der Waals surface area contributed by atoms with E-state index in [9.17, 15) is 25.0 Å². The van der Waals surface area contributed by atoms with Crippen LogP contribution in [0, 0.1) is 20.2 Å². The number of benzene rings is 4. The van der Waals surface area contributed by atoms with Crippen molar-refractivity contribution in [2.75, 3.05) is 0 Å². The first-order valence-corrected chi connectivity index (χ1v) is 12.3. The Hall–Kier alpha value is -5.91. The molecule has 0 aromatic heterocycles. The van der Waals surface area contributed by atoms with Crippen molar-refractivity contribution in [2.45, 2.75) is 12.0 Å². The maximum absolute atomic E-state index is 12.9. The molecule has 4 aromatic rings. The topological polar surface area (TPSA) is 161 Å². The Morgan fingerprint density at radius 3 is 2.22 bits per heavy atom. The summed E-state index contributed by atoms with van der Waals surface area (Å²) in [4.78, 5) is 33.8. The number of nitro benzene ring substituents is 2. The molecule has 5 rings (SSSR count). The maximum Gasteiger partial charge on any atom is 0.318 e.